The number of benzene rings is 1. The fourth-order valence-corrected chi connectivity index (χ4v) is 3.37. The second kappa shape index (κ2) is 10.6. The summed E-state index contributed by atoms with van der Waals surface area (Å²) in [5, 5.41) is 3.47. The summed E-state index contributed by atoms with van der Waals surface area (Å²) in [5.74, 6) is 0.927. The quantitative estimate of drug-likeness (QED) is 0.543. The second-order valence-electron chi connectivity index (χ2n) is 5.11. The molecule has 0 aliphatic heterocycles. The molecule has 0 radical (unpaired) electrons. The van der Waals surface area contributed by atoms with E-state index >= 15 is 0 Å². The number of hydrogen-bond donors (Lipinski definition) is 1. The van der Waals surface area contributed by atoms with Gasteiger partial charge in [0.25, 0.3) is 0 Å². The molecule has 0 saturated heterocycles. The van der Waals surface area contributed by atoms with E-state index in [2.05, 4.69) is 57.1 Å². The molecule has 0 bridgehead atoms. The Bertz CT molecular complexity index is 425. The molecule has 0 heterocycles. The SMILES string of the molecule is CCOc1c(Br)cc(Br)cc1CNCCCCOC(C)C. The van der Waals surface area contributed by atoms with E-state index < -0.39 is 0 Å². The van der Waals surface area contributed by atoms with Gasteiger partial charge in [0.1, 0.15) is 5.75 Å². The summed E-state index contributed by atoms with van der Waals surface area (Å²) in [6, 6.07) is 4.11. The monoisotopic (exact) mass is 421 g/mol. The maximum absolute atomic E-state index is 5.72. The highest BCUT2D eigenvalue weighted by atomic mass is 79.9. The molecule has 0 aliphatic rings. The van der Waals surface area contributed by atoms with Crippen LogP contribution in [-0.2, 0) is 11.3 Å². The molecule has 120 valence electrons. The Balaban J connectivity index is 2.37. The third-order valence-corrected chi connectivity index (χ3v) is 3.94. The largest absolute Gasteiger partial charge is 0.492 e. The average Bonchev–Trinajstić information content (AvgIpc) is 2.41. The van der Waals surface area contributed by atoms with Crippen LogP contribution in [0.4, 0.5) is 0 Å². The molecule has 1 aromatic carbocycles. The first-order valence-electron chi connectivity index (χ1n) is 7.47. The van der Waals surface area contributed by atoms with E-state index in [-0.39, 0.29) is 0 Å². The van der Waals surface area contributed by atoms with Gasteiger partial charge in [0.15, 0.2) is 0 Å². The fraction of sp³-hybridized carbons (Fsp3) is 0.625. The molecule has 0 aliphatic carbocycles. The van der Waals surface area contributed by atoms with Crippen molar-refractivity contribution in [2.75, 3.05) is 19.8 Å². The van der Waals surface area contributed by atoms with E-state index in [1.165, 1.54) is 0 Å². The molecule has 0 unspecified atom stereocenters. The minimum atomic E-state index is 0.325. The Morgan fingerprint density at radius 2 is 1.95 bits per heavy atom. The van der Waals surface area contributed by atoms with Crippen molar-refractivity contribution < 1.29 is 9.47 Å². The molecular formula is C16H25Br2NO2. The van der Waals surface area contributed by atoms with E-state index in [1.54, 1.807) is 0 Å². The molecule has 1 rings (SSSR count). The van der Waals surface area contributed by atoms with E-state index in [0.717, 1.165) is 52.8 Å². The van der Waals surface area contributed by atoms with Crippen molar-refractivity contribution in [2.45, 2.75) is 46.3 Å². The van der Waals surface area contributed by atoms with Gasteiger partial charge < -0.3 is 14.8 Å². The Hall–Kier alpha value is -0.100. The minimum Gasteiger partial charge on any atom is -0.492 e. The van der Waals surface area contributed by atoms with E-state index in [4.69, 9.17) is 9.47 Å². The first kappa shape index (κ1) is 18.9. The standard InChI is InChI=1S/C16H25Br2NO2/c1-4-20-16-13(9-14(17)10-15(16)18)11-19-7-5-6-8-21-12(2)3/h9-10,12,19H,4-8,11H2,1-3H3. The highest BCUT2D eigenvalue weighted by molar-refractivity contribution is 9.11. The van der Waals surface area contributed by atoms with Crippen LogP contribution in [0.1, 0.15) is 39.2 Å². The zero-order chi connectivity index (χ0) is 15.7. The zero-order valence-corrected chi connectivity index (χ0v) is 16.2. The molecule has 0 amide bonds. The van der Waals surface area contributed by atoms with Gasteiger partial charge in [-0.1, -0.05) is 15.9 Å². The summed E-state index contributed by atoms with van der Waals surface area (Å²) in [6.45, 7) is 9.43. The molecule has 0 saturated carbocycles. The van der Waals surface area contributed by atoms with Gasteiger partial charge in [-0.15, -0.1) is 0 Å². The number of nitrogens with one attached hydrogen (secondary N) is 1. The molecule has 0 aromatic heterocycles. The highest BCUT2D eigenvalue weighted by Gasteiger charge is 2.09. The number of halogens is 2. The first-order valence-corrected chi connectivity index (χ1v) is 9.06. The highest BCUT2D eigenvalue weighted by Crippen LogP contribution is 2.32. The molecule has 21 heavy (non-hydrogen) atoms. The molecule has 0 atom stereocenters. The van der Waals surface area contributed by atoms with Gasteiger partial charge in [-0.05, 0) is 68.2 Å². The lowest BCUT2D eigenvalue weighted by Gasteiger charge is -2.14. The van der Waals surface area contributed by atoms with Crippen LogP contribution in [-0.4, -0.2) is 25.9 Å². The summed E-state index contributed by atoms with van der Waals surface area (Å²) in [5.41, 5.74) is 1.16. The number of hydrogen-bond acceptors (Lipinski definition) is 3. The summed E-state index contributed by atoms with van der Waals surface area (Å²) >= 11 is 7.08. The third-order valence-electron chi connectivity index (χ3n) is 2.89. The van der Waals surface area contributed by atoms with Crippen LogP contribution >= 0.6 is 31.9 Å². The smallest absolute Gasteiger partial charge is 0.138 e. The summed E-state index contributed by atoms with van der Waals surface area (Å²) in [6.07, 6.45) is 2.53. The van der Waals surface area contributed by atoms with Crippen molar-refractivity contribution in [3.8, 4) is 5.75 Å². The Morgan fingerprint density at radius 3 is 2.62 bits per heavy atom. The van der Waals surface area contributed by atoms with Gasteiger partial charge in [-0.25, -0.2) is 0 Å². The van der Waals surface area contributed by atoms with E-state index in [9.17, 15) is 0 Å². The van der Waals surface area contributed by atoms with Crippen LogP contribution in [0.15, 0.2) is 21.1 Å². The lowest BCUT2D eigenvalue weighted by Crippen LogP contribution is -2.16. The van der Waals surface area contributed by atoms with Gasteiger partial charge in [0.2, 0.25) is 0 Å². The predicted molar refractivity (Wildman–Crippen MR) is 95.0 cm³/mol. The third kappa shape index (κ3) is 7.63. The van der Waals surface area contributed by atoms with Crippen molar-refractivity contribution in [3.05, 3.63) is 26.6 Å². The van der Waals surface area contributed by atoms with Crippen LogP contribution in [0.2, 0.25) is 0 Å². The van der Waals surface area contributed by atoms with Gasteiger partial charge in [0.05, 0.1) is 17.2 Å². The van der Waals surface area contributed by atoms with Crippen molar-refractivity contribution in [1.29, 1.82) is 0 Å². The molecular weight excluding hydrogens is 398 g/mol. The van der Waals surface area contributed by atoms with Gasteiger partial charge in [-0.3, -0.25) is 0 Å². The van der Waals surface area contributed by atoms with Crippen molar-refractivity contribution in [2.24, 2.45) is 0 Å². The average molecular weight is 423 g/mol. The van der Waals surface area contributed by atoms with Crippen molar-refractivity contribution in [1.82, 2.24) is 5.32 Å². The molecule has 5 heteroatoms. The summed E-state index contributed by atoms with van der Waals surface area (Å²) < 4.78 is 13.3. The lowest BCUT2D eigenvalue weighted by atomic mass is 10.2. The first-order chi connectivity index (χ1) is 10.0. The molecule has 0 spiro atoms. The summed E-state index contributed by atoms with van der Waals surface area (Å²) in [4.78, 5) is 0. The topological polar surface area (TPSA) is 30.5 Å². The minimum absolute atomic E-state index is 0.325. The molecule has 3 nitrogen and oxygen atoms in total. The van der Waals surface area contributed by atoms with Crippen LogP contribution in [0.3, 0.4) is 0 Å². The zero-order valence-electron chi connectivity index (χ0n) is 13.0. The van der Waals surface area contributed by atoms with Crippen molar-refractivity contribution >= 4 is 31.9 Å². The lowest BCUT2D eigenvalue weighted by molar-refractivity contribution is 0.0760. The maximum Gasteiger partial charge on any atom is 0.138 e. The fourth-order valence-electron chi connectivity index (χ4n) is 1.95. The normalized spacial score (nSPS) is 11.1. The second-order valence-corrected chi connectivity index (χ2v) is 6.88. The molecule has 1 N–H and O–H groups in total. The van der Waals surface area contributed by atoms with Crippen LogP contribution < -0.4 is 10.1 Å². The Kier molecular flexibility index (Phi) is 9.56. The van der Waals surface area contributed by atoms with Crippen LogP contribution in [0.5, 0.6) is 5.75 Å². The number of rotatable bonds is 10. The number of unbranched alkanes of at least 4 members (excludes halogenated alkanes) is 1. The van der Waals surface area contributed by atoms with Gasteiger partial charge >= 0.3 is 0 Å². The Morgan fingerprint density at radius 1 is 1.19 bits per heavy atom. The summed E-state index contributed by atoms with van der Waals surface area (Å²) in [7, 11) is 0. The Labute approximate surface area is 145 Å². The molecule has 1 aromatic rings. The predicted octanol–water partition coefficient (Wildman–Crippen LogP) is 4.91. The van der Waals surface area contributed by atoms with Crippen LogP contribution in [0, 0.1) is 0 Å². The van der Waals surface area contributed by atoms with Gasteiger partial charge in [0, 0.05) is 23.2 Å². The molecule has 0 fully saturated rings. The number of ether oxygens (including phenoxy) is 2. The van der Waals surface area contributed by atoms with E-state index in [1.807, 2.05) is 13.0 Å². The van der Waals surface area contributed by atoms with Crippen molar-refractivity contribution in [3.63, 3.8) is 0 Å². The maximum atomic E-state index is 5.72. The van der Waals surface area contributed by atoms with E-state index in [0.29, 0.717) is 12.7 Å². The van der Waals surface area contributed by atoms with Gasteiger partial charge in [-0.2, -0.15) is 0 Å². The van der Waals surface area contributed by atoms with Crippen LogP contribution in [0.25, 0.3) is 0 Å².